The number of thiophene rings is 1. The molecule has 6 heteroatoms. The topological polar surface area (TPSA) is 59.0 Å². The smallest absolute Gasteiger partial charge is 0.263 e. The standard InChI is InChI=1S/C11H17NO4S/c1-12(5-8(13)6-15-2)11(14)10-4-9(16-3)7-17-10/h4,7-8,13H,5-6H2,1-3H3. The van der Waals surface area contributed by atoms with E-state index in [1.165, 1.54) is 23.3 Å². The van der Waals surface area contributed by atoms with Gasteiger partial charge in [-0.25, -0.2) is 0 Å². The average Bonchev–Trinajstić information content (AvgIpc) is 2.76. The summed E-state index contributed by atoms with van der Waals surface area (Å²) in [5.74, 6) is 0.539. The van der Waals surface area contributed by atoms with Crippen molar-refractivity contribution in [3.05, 3.63) is 16.3 Å². The van der Waals surface area contributed by atoms with Crippen LogP contribution in [0.5, 0.6) is 5.75 Å². The number of carbonyl (C=O) groups excluding carboxylic acids is 1. The molecule has 1 rings (SSSR count). The molecule has 1 unspecified atom stereocenters. The number of hydrogen-bond donors (Lipinski definition) is 1. The van der Waals surface area contributed by atoms with E-state index < -0.39 is 6.10 Å². The summed E-state index contributed by atoms with van der Waals surface area (Å²) in [4.78, 5) is 14.0. The monoisotopic (exact) mass is 259 g/mol. The van der Waals surface area contributed by atoms with Crippen LogP contribution >= 0.6 is 11.3 Å². The largest absolute Gasteiger partial charge is 0.496 e. The Hall–Kier alpha value is -1.11. The number of aliphatic hydroxyl groups is 1. The van der Waals surface area contributed by atoms with Gasteiger partial charge in [-0.2, -0.15) is 0 Å². The van der Waals surface area contributed by atoms with Gasteiger partial charge in [0.2, 0.25) is 0 Å². The van der Waals surface area contributed by atoms with E-state index in [-0.39, 0.29) is 19.1 Å². The Bertz CT molecular complexity index is 366. The van der Waals surface area contributed by atoms with E-state index in [0.717, 1.165) is 0 Å². The summed E-state index contributed by atoms with van der Waals surface area (Å²) < 4.78 is 9.82. The Morgan fingerprint density at radius 1 is 1.59 bits per heavy atom. The fourth-order valence-electron chi connectivity index (χ4n) is 1.37. The van der Waals surface area contributed by atoms with Crippen LogP contribution in [0.15, 0.2) is 11.4 Å². The molecule has 17 heavy (non-hydrogen) atoms. The maximum atomic E-state index is 11.9. The van der Waals surface area contributed by atoms with Crippen molar-refractivity contribution in [2.45, 2.75) is 6.10 Å². The number of methoxy groups -OCH3 is 2. The van der Waals surface area contributed by atoms with Crippen LogP contribution in [0.2, 0.25) is 0 Å². The Kier molecular flexibility index (Phi) is 5.40. The SMILES string of the molecule is COCC(O)CN(C)C(=O)c1cc(OC)cs1. The Labute approximate surface area is 105 Å². The molecule has 0 radical (unpaired) electrons. The van der Waals surface area contributed by atoms with Crippen LogP contribution in [-0.4, -0.2) is 56.4 Å². The van der Waals surface area contributed by atoms with Crippen molar-refractivity contribution in [2.75, 3.05) is 34.4 Å². The number of likely N-dealkylation sites (N-methyl/N-ethyl adjacent to an activating group) is 1. The molecule has 1 heterocycles. The highest BCUT2D eigenvalue weighted by atomic mass is 32.1. The van der Waals surface area contributed by atoms with Crippen LogP contribution in [-0.2, 0) is 4.74 Å². The highest BCUT2D eigenvalue weighted by molar-refractivity contribution is 7.12. The van der Waals surface area contributed by atoms with Crippen molar-refractivity contribution >= 4 is 17.2 Å². The number of carbonyl (C=O) groups is 1. The predicted molar refractivity (Wildman–Crippen MR) is 65.7 cm³/mol. The summed E-state index contributed by atoms with van der Waals surface area (Å²) in [5.41, 5.74) is 0. The maximum absolute atomic E-state index is 11.9. The van der Waals surface area contributed by atoms with Crippen molar-refractivity contribution in [1.29, 1.82) is 0 Å². The van der Waals surface area contributed by atoms with E-state index >= 15 is 0 Å². The first-order valence-electron chi connectivity index (χ1n) is 5.13. The van der Waals surface area contributed by atoms with Crippen molar-refractivity contribution in [3.8, 4) is 5.75 Å². The molecule has 1 aromatic heterocycles. The third-order valence-corrected chi connectivity index (χ3v) is 3.11. The summed E-state index contributed by atoms with van der Waals surface area (Å²) in [6.45, 7) is 0.457. The van der Waals surface area contributed by atoms with Gasteiger partial charge in [0.25, 0.3) is 5.91 Å². The molecule has 0 fully saturated rings. The minimum atomic E-state index is -0.671. The Morgan fingerprint density at radius 2 is 2.29 bits per heavy atom. The minimum Gasteiger partial charge on any atom is -0.496 e. The summed E-state index contributed by atoms with van der Waals surface area (Å²) in [5, 5.41) is 11.3. The lowest BCUT2D eigenvalue weighted by Gasteiger charge is -2.19. The molecule has 0 saturated heterocycles. The number of ether oxygens (including phenoxy) is 2. The first-order chi connectivity index (χ1) is 8.08. The normalized spacial score (nSPS) is 12.2. The number of nitrogens with zero attached hydrogens (tertiary/aromatic N) is 1. The van der Waals surface area contributed by atoms with Crippen LogP contribution in [0.25, 0.3) is 0 Å². The third kappa shape index (κ3) is 3.99. The zero-order chi connectivity index (χ0) is 12.8. The molecular formula is C11H17NO4S. The molecule has 0 saturated carbocycles. The summed E-state index contributed by atoms with van der Waals surface area (Å²) in [6, 6.07) is 1.69. The van der Waals surface area contributed by atoms with E-state index in [9.17, 15) is 9.90 Å². The molecule has 1 amide bonds. The third-order valence-electron chi connectivity index (χ3n) is 2.21. The van der Waals surface area contributed by atoms with Gasteiger partial charge in [0.05, 0.1) is 24.7 Å². The highest BCUT2D eigenvalue weighted by Crippen LogP contribution is 2.22. The van der Waals surface area contributed by atoms with E-state index in [0.29, 0.717) is 10.6 Å². The van der Waals surface area contributed by atoms with Crippen molar-refractivity contribution < 1.29 is 19.4 Å². The quantitative estimate of drug-likeness (QED) is 0.822. The number of rotatable bonds is 6. The predicted octanol–water partition coefficient (Wildman–Crippen LogP) is 0.836. The van der Waals surface area contributed by atoms with Crippen LogP contribution in [0, 0.1) is 0 Å². The van der Waals surface area contributed by atoms with Gasteiger partial charge in [-0.3, -0.25) is 4.79 Å². The van der Waals surface area contributed by atoms with E-state index in [1.807, 2.05) is 0 Å². The molecular weight excluding hydrogens is 242 g/mol. The van der Waals surface area contributed by atoms with Crippen molar-refractivity contribution in [1.82, 2.24) is 4.90 Å². The number of aliphatic hydroxyl groups excluding tert-OH is 1. The molecule has 0 bridgehead atoms. The van der Waals surface area contributed by atoms with Gasteiger partial charge in [0, 0.05) is 32.1 Å². The fraction of sp³-hybridized carbons (Fsp3) is 0.545. The zero-order valence-electron chi connectivity index (χ0n) is 10.2. The van der Waals surface area contributed by atoms with Gasteiger partial charge in [-0.1, -0.05) is 0 Å². The molecule has 1 atom stereocenters. The van der Waals surface area contributed by atoms with Gasteiger partial charge in [0.15, 0.2) is 0 Å². The average molecular weight is 259 g/mol. The summed E-state index contributed by atoms with van der Waals surface area (Å²) in [6.07, 6.45) is -0.671. The summed E-state index contributed by atoms with van der Waals surface area (Å²) >= 11 is 1.32. The lowest BCUT2D eigenvalue weighted by atomic mass is 10.3. The lowest BCUT2D eigenvalue weighted by molar-refractivity contribution is 0.0382. The summed E-state index contributed by atoms with van der Waals surface area (Å²) in [7, 11) is 4.71. The number of amides is 1. The second kappa shape index (κ2) is 6.58. The van der Waals surface area contributed by atoms with E-state index in [2.05, 4.69) is 0 Å². The van der Waals surface area contributed by atoms with Gasteiger partial charge in [0.1, 0.15) is 5.75 Å². The highest BCUT2D eigenvalue weighted by Gasteiger charge is 2.17. The first-order valence-corrected chi connectivity index (χ1v) is 6.01. The zero-order valence-corrected chi connectivity index (χ0v) is 11.0. The van der Waals surface area contributed by atoms with Gasteiger partial charge in [-0.15, -0.1) is 11.3 Å². The van der Waals surface area contributed by atoms with Gasteiger partial charge < -0.3 is 19.5 Å². The molecule has 96 valence electrons. The maximum Gasteiger partial charge on any atom is 0.263 e. The lowest BCUT2D eigenvalue weighted by Crippen LogP contribution is -2.35. The van der Waals surface area contributed by atoms with E-state index in [4.69, 9.17) is 9.47 Å². The van der Waals surface area contributed by atoms with Crippen LogP contribution in [0.3, 0.4) is 0 Å². The molecule has 0 aliphatic carbocycles. The van der Waals surface area contributed by atoms with Crippen LogP contribution in [0.1, 0.15) is 9.67 Å². The fourth-order valence-corrected chi connectivity index (χ4v) is 2.22. The number of hydrogen-bond acceptors (Lipinski definition) is 5. The van der Waals surface area contributed by atoms with E-state index in [1.54, 1.807) is 25.6 Å². The van der Waals surface area contributed by atoms with Crippen molar-refractivity contribution in [2.24, 2.45) is 0 Å². The Morgan fingerprint density at radius 3 is 2.82 bits per heavy atom. The minimum absolute atomic E-state index is 0.131. The molecule has 5 nitrogen and oxygen atoms in total. The molecule has 0 aromatic carbocycles. The molecule has 0 aliphatic rings. The van der Waals surface area contributed by atoms with Crippen LogP contribution < -0.4 is 4.74 Å². The Balaban J connectivity index is 2.57. The first kappa shape index (κ1) is 14.0. The molecule has 1 N–H and O–H groups in total. The second-order valence-corrected chi connectivity index (χ2v) is 4.56. The molecule has 1 aromatic rings. The molecule has 0 spiro atoms. The van der Waals surface area contributed by atoms with Crippen molar-refractivity contribution in [3.63, 3.8) is 0 Å². The molecule has 0 aliphatic heterocycles. The second-order valence-electron chi connectivity index (χ2n) is 3.65. The van der Waals surface area contributed by atoms with Crippen LogP contribution in [0.4, 0.5) is 0 Å². The van der Waals surface area contributed by atoms with Gasteiger partial charge in [-0.05, 0) is 0 Å². The van der Waals surface area contributed by atoms with Gasteiger partial charge >= 0.3 is 0 Å².